The van der Waals surface area contributed by atoms with Gasteiger partial charge in [-0.05, 0) is 33.6 Å². The number of aromatic hydroxyl groups is 1. The van der Waals surface area contributed by atoms with E-state index in [9.17, 15) is 5.11 Å². The molecule has 8 heteroatoms. The Morgan fingerprint density at radius 2 is 2.40 bits per heavy atom. The third kappa shape index (κ3) is 2.89. The van der Waals surface area contributed by atoms with Crippen LogP contribution in [0, 0.1) is 11.3 Å². The number of hydrazone groups is 1. The molecule has 7 nitrogen and oxygen atoms in total. The number of hydrogen-bond donors (Lipinski definition) is 2. The lowest BCUT2D eigenvalue weighted by molar-refractivity contribution is 0.372. The average molecular weight is 337 g/mol. The summed E-state index contributed by atoms with van der Waals surface area (Å²) in [6.45, 7) is 0. The summed E-state index contributed by atoms with van der Waals surface area (Å²) < 4.78 is 10.5. The van der Waals surface area contributed by atoms with Crippen LogP contribution < -0.4 is 10.2 Å². The summed E-state index contributed by atoms with van der Waals surface area (Å²) >= 11 is 3.21. The number of anilines is 1. The van der Waals surface area contributed by atoms with E-state index in [1.165, 1.54) is 13.3 Å². The molecule has 0 atom stereocenters. The molecule has 0 fully saturated rings. The minimum absolute atomic E-state index is 0.0135. The van der Waals surface area contributed by atoms with Gasteiger partial charge in [0.15, 0.2) is 17.9 Å². The number of ether oxygens (including phenoxy) is 1. The Kier molecular flexibility index (Phi) is 4.22. The SMILES string of the molecule is COc1cc(/C=N/Nc2ocnc2C#N)cc(Br)c1O. The molecule has 2 rings (SSSR count). The molecule has 0 saturated carbocycles. The second kappa shape index (κ2) is 6.08. The lowest BCUT2D eigenvalue weighted by Crippen LogP contribution is -1.93. The zero-order chi connectivity index (χ0) is 14.5. The first-order chi connectivity index (χ1) is 9.65. The molecule has 2 aromatic rings. The van der Waals surface area contributed by atoms with Crippen molar-refractivity contribution in [1.29, 1.82) is 5.26 Å². The molecule has 20 heavy (non-hydrogen) atoms. The van der Waals surface area contributed by atoms with Crippen LogP contribution in [-0.4, -0.2) is 23.4 Å². The highest BCUT2D eigenvalue weighted by Crippen LogP contribution is 2.34. The van der Waals surface area contributed by atoms with E-state index in [0.717, 1.165) is 6.39 Å². The van der Waals surface area contributed by atoms with Gasteiger partial charge in [0.05, 0.1) is 17.8 Å². The molecule has 0 unspecified atom stereocenters. The Morgan fingerprint density at radius 3 is 3.10 bits per heavy atom. The molecule has 0 aliphatic heterocycles. The maximum Gasteiger partial charge on any atom is 0.251 e. The fraction of sp³-hybridized carbons (Fsp3) is 0.0833. The maximum atomic E-state index is 9.67. The van der Waals surface area contributed by atoms with E-state index in [1.54, 1.807) is 12.1 Å². The summed E-state index contributed by atoms with van der Waals surface area (Å²) in [5, 5.41) is 22.3. The number of nitrogens with zero attached hydrogens (tertiary/aromatic N) is 3. The van der Waals surface area contributed by atoms with Crippen LogP contribution in [0.5, 0.6) is 11.5 Å². The summed E-state index contributed by atoms with van der Waals surface area (Å²) in [5.41, 5.74) is 3.36. The molecule has 0 spiro atoms. The van der Waals surface area contributed by atoms with Crippen LogP contribution >= 0.6 is 15.9 Å². The van der Waals surface area contributed by atoms with Gasteiger partial charge in [0.25, 0.3) is 5.88 Å². The van der Waals surface area contributed by atoms with Crippen molar-refractivity contribution >= 4 is 28.0 Å². The van der Waals surface area contributed by atoms with Crippen LogP contribution in [0.15, 0.2) is 32.5 Å². The summed E-state index contributed by atoms with van der Waals surface area (Å²) in [6.07, 6.45) is 2.63. The fourth-order valence-corrected chi connectivity index (χ4v) is 1.85. The second-order valence-electron chi connectivity index (χ2n) is 3.57. The molecule has 0 aliphatic rings. The number of nitrogens with one attached hydrogen (secondary N) is 1. The first-order valence-corrected chi connectivity index (χ1v) is 6.14. The van der Waals surface area contributed by atoms with E-state index < -0.39 is 0 Å². The Bertz CT molecular complexity index is 690. The predicted molar refractivity (Wildman–Crippen MR) is 74.8 cm³/mol. The van der Waals surface area contributed by atoms with Gasteiger partial charge in [0.2, 0.25) is 5.69 Å². The topological polar surface area (TPSA) is 104 Å². The van der Waals surface area contributed by atoms with Crippen LogP contribution in [0.3, 0.4) is 0 Å². The molecule has 2 N–H and O–H groups in total. The highest BCUT2D eigenvalue weighted by Gasteiger charge is 2.08. The van der Waals surface area contributed by atoms with Gasteiger partial charge in [-0.15, -0.1) is 0 Å². The van der Waals surface area contributed by atoms with Crippen molar-refractivity contribution in [2.75, 3.05) is 12.5 Å². The smallest absolute Gasteiger partial charge is 0.251 e. The van der Waals surface area contributed by atoms with Crippen LogP contribution in [-0.2, 0) is 0 Å². The Balaban J connectivity index is 2.16. The molecular formula is C12H9BrN4O3. The van der Waals surface area contributed by atoms with Gasteiger partial charge in [-0.1, -0.05) is 0 Å². The van der Waals surface area contributed by atoms with Gasteiger partial charge >= 0.3 is 0 Å². The molecule has 0 aliphatic carbocycles. The number of phenols is 1. The highest BCUT2D eigenvalue weighted by molar-refractivity contribution is 9.10. The minimum Gasteiger partial charge on any atom is -0.503 e. The minimum atomic E-state index is 0.0135. The van der Waals surface area contributed by atoms with Crippen LogP contribution in [0.25, 0.3) is 0 Å². The molecule has 0 saturated heterocycles. The first-order valence-electron chi connectivity index (χ1n) is 5.35. The molecule has 1 aromatic heterocycles. The number of halogens is 1. The van der Waals surface area contributed by atoms with Crippen molar-refractivity contribution in [3.63, 3.8) is 0 Å². The number of rotatable bonds is 4. The second-order valence-corrected chi connectivity index (χ2v) is 4.42. The zero-order valence-corrected chi connectivity index (χ0v) is 11.9. The summed E-state index contributed by atoms with van der Waals surface area (Å²) in [6, 6.07) is 5.13. The normalized spacial score (nSPS) is 10.4. The number of phenolic OH excluding ortho intramolecular Hbond substituents is 1. The fourth-order valence-electron chi connectivity index (χ4n) is 1.39. The van der Waals surface area contributed by atoms with E-state index in [2.05, 4.69) is 31.4 Å². The average Bonchev–Trinajstić information content (AvgIpc) is 2.90. The van der Waals surface area contributed by atoms with Crippen molar-refractivity contribution in [3.8, 4) is 17.6 Å². The third-order valence-corrected chi connectivity index (χ3v) is 2.93. The van der Waals surface area contributed by atoms with Crippen molar-refractivity contribution in [3.05, 3.63) is 34.3 Å². The molecule has 1 heterocycles. The number of benzene rings is 1. The lowest BCUT2D eigenvalue weighted by Gasteiger charge is -2.06. The largest absolute Gasteiger partial charge is 0.503 e. The Morgan fingerprint density at radius 1 is 1.60 bits per heavy atom. The number of oxazole rings is 1. The molecule has 0 amide bonds. The van der Waals surface area contributed by atoms with Crippen LogP contribution in [0.1, 0.15) is 11.3 Å². The van der Waals surface area contributed by atoms with Gasteiger partial charge in [0, 0.05) is 0 Å². The van der Waals surface area contributed by atoms with E-state index in [0.29, 0.717) is 15.8 Å². The van der Waals surface area contributed by atoms with E-state index in [-0.39, 0.29) is 17.3 Å². The quantitative estimate of drug-likeness (QED) is 0.656. The van der Waals surface area contributed by atoms with Crippen molar-refractivity contribution in [1.82, 2.24) is 4.98 Å². The molecule has 0 radical (unpaired) electrons. The Hall–Kier alpha value is -2.53. The van der Waals surface area contributed by atoms with Gasteiger partial charge in [-0.2, -0.15) is 10.4 Å². The van der Waals surface area contributed by atoms with Crippen molar-refractivity contribution in [2.24, 2.45) is 5.10 Å². The summed E-state index contributed by atoms with van der Waals surface area (Å²) in [4.78, 5) is 3.69. The van der Waals surface area contributed by atoms with Crippen LogP contribution in [0.2, 0.25) is 0 Å². The molecule has 1 aromatic carbocycles. The van der Waals surface area contributed by atoms with Crippen LogP contribution in [0.4, 0.5) is 5.88 Å². The summed E-state index contributed by atoms with van der Waals surface area (Å²) in [5.74, 6) is 0.492. The number of nitriles is 1. The Labute approximate surface area is 122 Å². The monoisotopic (exact) mass is 336 g/mol. The van der Waals surface area contributed by atoms with Gasteiger partial charge in [0.1, 0.15) is 6.07 Å². The number of methoxy groups -OCH3 is 1. The first kappa shape index (κ1) is 13.9. The third-order valence-electron chi connectivity index (χ3n) is 2.32. The highest BCUT2D eigenvalue weighted by atomic mass is 79.9. The van der Waals surface area contributed by atoms with Gasteiger partial charge in [-0.25, -0.2) is 10.4 Å². The molecular weight excluding hydrogens is 328 g/mol. The number of hydrogen-bond acceptors (Lipinski definition) is 7. The lowest BCUT2D eigenvalue weighted by atomic mass is 10.2. The van der Waals surface area contributed by atoms with Crippen molar-refractivity contribution in [2.45, 2.75) is 0 Å². The molecule has 102 valence electrons. The summed E-state index contributed by atoms with van der Waals surface area (Å²) in [7, 11) is 1.45. The number of aromatic nitrogens is 1. The molecule has 0 bridgehead atoms. The van der Waals surface area contributed by atoms with Gasteiger partial charge in [-0.3, -0.25) is 0 Å². The van der Waals surface area contributed by atoms with E-state index in [4.69, 9.17) is 14.4 Å². The van der Waals surface area contributed by atoms with E-state index in [1.807, 2.05) is 6.07 Å². The van der Waals surface area contributed by atoms with E-state index >= 15 is 0 Å². The zero-order valence-electron chi connectivity index (χ0n) is 10.3. The van der Waals surface area contributed by atoms with Crippen molar-refractivity contribution < 1.29 is 14.3 Å². The standard InChI is InChI=1S/C12H9BrN4O3/c1-19-10-3-7(2-8(13)11(10)18)5-16-17-12-9(4-14)15-6-20-12/h2-3,5-6,17-18H,1H3/b16-5+. The van der Waals surface area contributed by atoms with Gasteiger partial charge < -0.3 is 14.3 Å². The predicted octanol–water partition coefficient (Wildman–Crippen LogP) is 2.47. The maximum absolute atomic E-state index is 9.67.